The second kappa shape index (κ2) is 8.60. The molecule has 1 heterocycles. The number of carbonyl (C=O) groups excluding carboxylic acids is 2. The van der Waals surface area contributed by atoms with Crippen LogP contribution in [0, 0.1) is 12.7 Å². The zero-order chi connectivity index (χ0) is 22.0. The minimum Gasteiger partial charge on any atom is -0.495 e. The van der Waals surface area contributed by atoms with E-state index in [1.54, 1.807) is 42.3 Å². The normalized spacial score (nSPS) is 12.8. The number of benzene rings is 3. The first-order valence-corrected chi connectivity index (χ1v) is 10.1. The van der Waals surface area contributed by atoms with Gasteiger partial charge in [-0.1, -0.05) is 18.2 Å². The highest BCUT2D eigenvalue weighted by atomic mass is 19.1. The lowest BCUT2D eigenvalue weighted by Gasteiger charge is -2.30. The standard InChI is InChI=1S/C25H23FN2O3/c1-16-9-12-23(31-2)21(14-16)27-24(29)18-10-11-22-17(15-18)6-5-13-28(22)25(30)19-7-3-4-8-20(19)26/h3-4,7-12,14-15H,5-6,13H2,1-2H3,(H,27,29). The summed E-state index contributed by atoms with van der Waals surface area (Å²) in [6.45, 7) is 2.45. The lowest BCUT2D eigenvalue weighted by Crippen LogP contribution is -2.36. The fraction of sp³-hybridized carbons (Fsp3) is 0.200. The predicted molar refractivity (Wildman–Crippen MR) is 119 cm³/mol. The van der Waals surface area contributed by atoms with Crippen LogP contribution in [-0.2, 0) is 6.42 Å². The molecule has 2 amide bonds. The van der Waals surface area contributed by atoms with Crippen molar-refractivity contribution < 1.29 is 18.7 Å². The van der Waals surface area contributed by atoms with E-state index >= 15 is 0 Å². The molecule has 31 heavy (non-hydrogen) atoms. The summed E-state index contributed by atoms with van der Waals surface area (Å²) < 4.78 is 19.5. The molecule has 3 aromatic rings. The molecule has 0 bridgehead atoms. The van der Waals surface area contributed by atoms with Gasteiger partial charge in [-0.05, 0) is 73.4 Å². The van der Waals surface area contributed by atoms with Crippen molar-refractivity contribution in [2.24, 2.45) is 0 Å². The Morgan fingerprint density at radius 1 is 1.06 bits per heavy atom. The number of ether oxygens (including phenoxy) is 1. The van der Waals surface area contributed by atoms with Gasteiger partial charge in [-0.2, -0.15) is 0 Å². The molecule has 1 aliphatic rings. The van der Waals surface area contributed by atoms with Crippen molar-refractivity contribution in [1.82, 2.24) is 0 Å². The van der Waals surface area contributed by atoms with Crippen molar-refractivity contribution >= 4 is 23.2 Å². The molecule has 3 aromatic carbocycles. The van der Waals surface area contributed by atoms with Gasteiger partial charge in [-0.3, -0.25) is 9.59 Å². The van der Waals surface area contributed by atoms with Crippen LogP contribution in [0.4, 0.5) is 15.8 Å². The van der Waals surface area contributed by atoms with Gasteiger partial charge in [0, 0.05) is 17.8 Å². The van der Waals surface area contributed by atoms with Crippen molar-refractivity contribution in [3.63, 3.8) is 0 Å². The quantitative estimate of drug-likeness (QED) is 0.650. The predicted octanol–water partition coefficient (Wildman–Crippen LogP) is 4.99. The average Bonchev–Trinajstić information content (AvgIpc) is 2.78. The Kier molecular flexibility index (Phi) is 5.71. The summed E-state index contributed by atoms with van der Waals surface area (Å²) in [5, 5.41) is 2.90. The van der Waals surface area contributed by atoms with E-state index in [0.29, 0.717) is 29.2 Å². The third-order valence-corrected chi connectivity index (χ3v) is 5.41. The van der Waals surface area contributed by atoms with Crippen molar-refractivity contribution in [3.8, 4) is 5.75 Å². The monoisotopic (exact) mass is 418 g/mol. The van der Waals surface area contributed by atoms with Crippen LogP contribution < -0.4 is 15.0 Å². The Morgan fingerprint density at radius 2 is 1.87 bits per heavy atom. The molecule has 6 heteroatoms. The number of amides is 2. The first-order valence-electron chi connectivity index (χ1n) is 10.1. The summed E-state index contributed by atoms with van der Waals surface area (Å²) in [6, 6.07) is 16.8. The number of methoxy groups -OCH3 is 1. The maximum absolute atomic E-state index is 14.1. The van der Waals surface area contributed by atoms with E-state index in [4.69, 9.17) is 4.74 Å². The molecule has 0 fully saturated rings. The molecule has 1 N–H and O–H groups in total. The van der Waals surface area contributed by atoms with Crippen molar-refractivity contribution in [1.29, 1.82) is 0 Å². The Hall–Kier alpha value is -3.67. The van der Waals surface area contributed by atoms with E-state index in [-0.39, 0.29) is 17.4 Å². The van der Waals surface area contributed by atoms with Gasteiger partial charge in [0.25, 0.3) is 11.8 Å². The summed E-state index contributed by atoms with van der Waals surface area (Å²) in [6.07, 6.45) is 1.48. The van der Waals surface area contributed by atoms with Gasteiger partial charge >= 0.3 is 0 Å². The molecule has 0 atom stereocenters. The number of halogens is 1. The van der Waals surface area contributed by atoms with Gasteiger partial charge in [-0.15, -0.1) is 0 Å². The molecule has 0 saturated carbocycles. The number of anilines is 2. The lowest BCUT2D eigenvalue weighted by molar-refractivity contribution is 0.0980. The molecule has 158 valence electrons. The van der Waals surface area contributed by atoms with Crippen LogP contribution in [-0.4, -0.2) is 25.5 Å². The van der Waals surface area contributed by atoms with E-state index < -0.39 is 5.82 Å². The molecule has 0 spiro atoms. The molecular weight excluding hydrogens is 395 g/mol. The summed E-state index contributed by atoms with van der Waals surface area (Å²) in [5.41, 5.74) is 3.74. The molecule has 1 aliphatic heterocycles. The number of carbonyl (C=O) groups is 2. The fourth-order valence-electron chi connectivity index (χ4n) is 3.84. The smallest absolute Gasteiger partial charge is 0.261 e. The van der Waals surface area contributed by atoms with Crippen LogP contribution in [0.2, 0.25) is 0 Å². The molecule has 0 unspecified atom stereocenters. The summed E-state index contributed by atoms with van der Waals surface area (Å²) in [7, 11) is 1.56. The Morgan fingerprint density at radius 3 is 2.65 bits per heavy atom. The Balaban J connectivity index is 1.60. The van der Waals surface area contributed by atoms with Gasteiger partial charge in [0.05, 0.1) is 18.4 Å². The summed E-state index contributed by atoms with van der Waals surface area (Å²) in [4.78, 5) is 27.4. The van der Waals surface area contributed by atoms with E-state index in [1.807, 2.05) is 25.1 Å². The zero-order valence-electron chi connectivity index (χ0n) is 17.4. The third-order valence-electron chi connectivity index (χ3n) is 5.41. The van der Waals surface area contributed by atoms with E-state index in [9.17, 15) is 14.0 Å². The van der Waals surface area contributed by atoms with Gasteiger partial charge in [0.15, 0.2) is 0 Å². The van der Waals surface area contributed by atoms with Crippen molar-refractivity contribution in [2.45, 2.75) is 19.8 Å². The van der Waals surface area contributed by atoms with Gasteiger partial charge < -0.3 is 15.0 Å². The van der Waals surface area contributed by atoms with Crippen molar-refractivity contribution in [2.75, 3.05) is 23.9 Å². The first kappa shape index (κ1) is 20.6. The molecular formula is C25H23FN2O3. The third kappa shape index (κ3) is 4.14. The number of rotatable bonds is 4. The largest absolute Gasteiger partial charge is 0.495 e. The highest BCUT2D eigenvalue weighted by Crippen LogP contribution is 2.31. The van der Waals surface area contributed by atoms with Gasteiger partial charge in [0.2, 0.25) is 0 Å². The molecule has 0 saturated heterocycles. The Labute approximate surface area is 180 Å². The number of fused-ring (bicyclic) bond motifs is 1. The molecule has 0 aromatic heterocycles. The van der Waals surface area contributed by atoms with Crippen molar-refractivity contribution in [3.05, 3.63) is 88.7 Å². The molecule has 0 aliphatic carbocycles. The summed E-state index contributed by atoms with van der Waals surface area (Å²) >= 11 is 0. The molecule has 4 rings (SSSR count). The second-order valence-corrected chi connectivity index (χ2v) is 7.54. The first-order chi connectivity index (χ1) is 15.0. The van der Waals surface area contributed by atoms with E-state index in [1.165, 1.54) is 12.1 Å². The number of nitrogens with zero attached hydrogens (tertiary/aromatic N) is 1. The van der Waals surface area contributed by atoms with E-state index in [0.717, 1.165) is 24.0 Å². The van der Waals surface area contributed by atoms with Crippen LogP contribution in [0.1, 0.15) is 38.3 Å². The fourth-order valence-corrected chi connectivity index (χ4v) is 3.84. The Bertz CT molecular complexity index is 1160. The van der Waals surface area contributed by atoms with Gasteiger partial charge in [-0.25, -0.2) is 4.39 Å². The number of aryl methyl sites for hydroxylation is 2. The maximum Gasteiger partial charge on any atom is 0.261 e. The number of nitrogens with one attached hydrogen (secondary N) is 1. The number of hydrogen-bond acceptors (Lipinski definition) is 3. The molecule has 5 nitrogen and oxygen atoms in total. The van der Waals surface area contributed by atoms with Gasteiger partial charge in [0.1, 0.15) is 11.6 Å². The minimum absolute atomic E-state index is 0.0451. The minimum atomic E-state index is -0.539. The van der Waals surface area contributed by atoms with Crippen LogP contribution in [0.25, 0.3) is 0 Å². The SMILES string of the molecule is COc1ccc(C)cc1NC(=O)c1ccc2c(c1)CCCN2C(=O)c1ccccc1F. The van der Waals surface area contributed by atoms with Crippen LogP contribution >= 0.6 is 0 Å². The zero-order valence-corrected chi connectivity index (χ0v) is 17.4. The molecule has 0 radical (unpaired) electrons. The maximum atomic E-state index is 14.1. The van der Waals surface area contributed by atoms with E-state index in [2.05, 4.69) is 5.32 Å². The summed E-state index contributed by atoms with van der Waals surface area (Å²) in [5.74, 6) is -0.591. The average molecular weight is 418 g/mol. The lowest BCUT2D eigenvalue weighted by atomic mass is 9.98. The highest BCUT2D eigenvalue weighted by molar-refractivity contribution is 6.08. The highest BCUT2D eigenvalue weighted by Gasteiger charge is 2.26. The van der Waals surface area contributed by atoms with Crippen LogP contribution in [0.5, 0.6) is 5.75 Å². The van der Waals surface area contributed by atoms with Crippen LogP contribution in [0.3, 0.4) is 0 Å². The number of hydrogen-bond donors (Lipinski definition) is 1. The topological polar surface area (TPSA) is 58.6 Å². The van der Waals surface area contributed by atoms with Crippen LogP contribution in [0.15, 0.2) is 60.7 Å². The second-order valence-electron chi connectivity index (χ2n) is 7.54.